The summed E-state index contributed by atoms with van der Waals surface area (Å²) in [6.45, 7) is 12.1. The molecule has 1 aliphatic rings. The molecule has 1 aliphatic heterocycles. The number of aromatic nitrogens is 1. The van der Waals surface area contributed by atoms with Crippen LogP contribution in [-0.4, -0.2) is 35.9 Å². The van der Waals surface area contributed by atoms with Gasteiger partial charge in [0.1, 0.15) is 0 Å². The Morgan fingerprint density at radius 1 is 1.26 bits per heavy atom. The molecule has 2 heterocycles. The molecular formula is C17H26BNO4. The van der Waals surface area contributed by atoms with Gasteiger partial charge >= 0.3 is 13.1 Å². The van der Waals surface area contributed by atoms with E-state index in [9.17, 15) is 4.79 Å². The maximum Gasteiger partial charge on any atom is 0.468 e. The molecule has 6 heteroatoms. The number of rotatable bonds is 5. The molecule has 0 saturated carbocycles. The Labute approximate surface area is 138 Å². The zero-order valence-corrected chi connectivity index (χ0v) is 14.9. The molecule has 2 rings (SSSR count). The summed E-state index contributed by atoms with van der Waals surface area (Å²) in [7, 11) is -0.528. The van der Waals surface area contributed by atoms with Crippen LogP contribution in [0.4, 0.5) is 0 Å². The lowest BCUT2D eigenvalue weighted by Gasteiger charge is -2.32. The Morgan fingerprint density at radius 3 is 2.35 bits per heavy atom. The fourth-order valence-corrected chi connectivity index (χ4v) is 2.49. The van der Waals surface area contributed by atoms with Gasteiger partial charge in [-0.1, -0.05) is 6.07 Å². The maximum atomic E-state index is 12.0. The van der Waals surface area contributed by atoms with E-state index in [1.165, 1.54) is 0 Å². The van der Waals surface area contributed by atoms with Gasteiger partial charge in [0.25, 0.3) is 0 Å². The van der Waals surface area contributed by atoms with Crippen LogP contribution in [0, 0.1) is 6.92 Å². The molecular weight excluding hydrogens is 293 g/mol. The summed E-state index contributed by atoms with van der Waals surface area (Å²) in [5.74, 6) is -0.565. The van der Waals surface area contributed by atoms with Gasteiger partial charge in [-0.15, -0.1) is 0 Å². The minimum atomic E-state index is -0.528. The number of aryl methyl sites for hydroxylation is 1. The highest BCUT2D eigenvalue weighted by molar-refractivity contribution is 6.48. The second kappa shape index (κ2) is 6.61. The lowest BCUT2D eigenvalue weighted by molar-refractivity contribution is -0.143. The second-order valence-electron chi connectivity index (χ2n) is 7.00. The molecule has 1 saturated heterocycles. The molecule has 0 aromatic carbocycles. The summed E-state index contributed by atoms with van der Waals surface area (Å²) in [6.07, 6.45) is 1.97. The van der Waals surface area contributed by atoms with Gasteiger partial charge in [0, 0.05) is 17.7 Å². The molecule has 0 N–H and O–H groups in total. The van der Waals surface area contributed by atoms with Crippen LogP contribution in [0.2, 0.25) is 0 Å². The molecule has 1 aromatic heterocycles. The van der Waals surface area contributed by atoms with Crippen LogP contribution in [0.25, 0.3) is 0 Å². The first-order valence-electron chi connectivity index (χ1n) is 8.10. The van der Waals surface area contributed by atoms with Crippen molar-refractivity contribution in [3.8, 4) is 0 Å². The van der Waals surface area contributed by atoms with E-state index in [1.807, 2.05) is 46.8 Å². The van der Waals surface area contributed by atoms with Crippen LogP contribution < -0.4 is 0 Å². The highest BCUT2D eigenvalue weighted by atomic mass is 16.7. The van der Waals surface area contributed by atoms with Gasteiger partial charge in [0.15, 0.2) is 0 Å². The first-order chi connectivity index (χ1) is 10.7. The van der Waals surface area contributed by atoms with Crippen molar-refractivity contribution in [3.05, 3.63) is 29.6 Å². The van der Waals surface area contributed by atoms with Crippen molar-refractivity contribution in [2.45, 2.75) is 65.0 Å². The van der Waals surface area contributed by atoms with Crippen LogP contribution in [0.5, 0.6) is 0 Å². The molecule has 5 nitrogen and oxygen atoms in total. The smallest absolute Gasteiger partial charge is 0.466 e. The largest absolute Gasteiger partial charge is 0.468 e. The van der Waals surface area contributed by atoms with Gasteiger partial charge in [-0.2, -0.15) is 0 Å². The summed E-state index contributed by atoms with van der Waals surface area (Å²) in [5, 5.41) is 0. The Balaban J connectivity index is 2.27. The Bertz CT molecular complexity index is 540. The third-order valence-electron chi connectivity index (χ3n) is 4.61. The number of hydrogen-bond acceptors (Lipinski definition) is 5. The average Bonchev–Trinajstić information content (AvgIpc) is 2.66. The van der Waals surface area contributed by atoms with Gasteiger partial charge < -0.3 is 14.0 Å². The first-order valence-corrected chi connectivity index (χ1v) is 8.10. The summed E-state index contributed by atoms with van der Waals surface area (Å²) >= 11 is 0. The van der Waals surface area contributed by atoms with Crippen LogP contribution in [0.1, 0.15) is 58.1 Å². The zero-order chi connectivity index (χ0) is 17.3. The van der Waals surface area contributed by atoms with E-state index in [1.54, 1.807) is 13.1 Å². The van der Waals surface area contributed by atoms with E-state index in [0.29, 0.717) is 6.61 Å². The van der Waals surface area contributed by atoms with E-state index in [4.69, 9.17) is 14.0 Å². The molecule has 0 spiro atoms. The molecule has 1 aromatic rings. The predicted molar refractivity (Wildman–Crippen MR) is 89.0 cm³/mol. The summed E-state index contributed by atoms with van der Waals surface area (Å²) in [4.78, 5) is 16.5. The molecule has 1 unspecified atom stereocenters. The zero-order valence-electron chi connectivity index (χ0n) is 14.9. The summed E-state index contributed by atoms with van der Waals surface area (Å²) < 4.78 is 17.3. The monoisotopic (exact) mass is 319 g/mol. The van der Waals surface area contributed by atoms with Crippen molar-refractivity contribution < 1.29 is 18.8 Å². The lowest BCUT2D eigenvalue weighted by atomic mass is 9.68. The van der Waals surface area contributed by atoms with Crippen molar-refractivity contribution in [3.63, 3.8) is 0 Å². The van der Waals surface area contributed by atoms with Gasteiger partial charge in [0.2, 0.25) is 0 Å². The maximum absolute atomic E-state index is 12.0. The third-order valence-corrected chi connectivity index (χ3v) is 4.61. The fourth-order valence-electron chi connectivity index (χ4n) is 2.49. The van der Waals surface area contributed by atoms with E-state index in [0.717, 1.165) is 11.3 Å². The molecule has 0 amide bonds. The molecule has 1 atom stereocenters. The second-order valence-corrected chi connectivity index (χ2v) is 7.00. The quantitative estimate of drug-likeness (QED) is 0.617. The molecule has 0 bridgehead atoms. The molecule has 23 heavy (non-hydrogen) atoms. The van der Waals surface area contributed by atoms with E-state index >= 15 is 0 Å². The van der Waals surface area contributed by atoms with Crippen LogP contribution >= 0.6 is 0 Å². The number of esters is 1. The van der Waals surface area contributed by atoms with Gasteiger partial charge in [-0.25, -0.2) is 0 Å². The normalized spacial score (nSPS) is 20.3. The summed E-state index contributed by atoms with van der Waals surface area (Å²) in [5.41, 5.74) is 0.949. The Kier molecular flexibility index (Phi) is 5.16. The molecule has 0 aliphatic carbocycles. The number of pyridine rings is 1. The SMILES string of the molecule is CCOC(=O)CC(B1OC(C)(C)C(C)(C)O1)c1ccc(C)cn1. The van der Waals surface area contributed by atoms with Crippen molar-refractivity contribution >= 4 is 13.1 Å². The van der Waals surface area contributed by atoms with E-state index < -0.39 is 18.3 Å². The number of carbonyl (C=O) groups is 1. The standard InChI is InChI=1S/C17H26BNO4/c1-7-21-15(20)10-13(14-9-8-12(2)11-19-14)18-22-16(3,4)17(5,6)23-18/h8-9,11,13H,7,10H2,1-6H3. The van der Waals surface area contributed by atoms with Gasteiger partial charge in [-0.3, -0.25) is 9.78 Å². The number of nitrogens with zero attached hydrogens (tertiary/aromatic N) is 1. The summed E-state index contributed by atoms with van der Waals surface area (Å²) in [6, 6.07) is 3.90. The molecule has 126 valence electrons. The highest BCUT2D eigenvalue weighted by Crippen LogP contribution is 2.41. The van der Waals surface area contributed by atoms with Gasteiger partial charge in [-0.05, 0) is 53.2 Å². The number of carbonyl (C=O) groups excluding carboxylic acids is 1. The third kappa shape index (κ3) is 3.93. The topological polar surface area (TPSA) is 57.7 Å². The average molecular weight is 319 g/mol. The predicted octanol–water partition coefficient (Wildman–Crippen LogP) is 3.06. The number of hydrogen-bond donors (Lipinski definition) is 0. The van der Waals surface area contributed by atoms with Crippen molar-refractivity contribution in [1.82, 2.24) is 4.98 Å². The highest BCUT2D eigenvalue weighted by Gasteiger charge is 2.54. The van der Waals surface area contributed by atoms with Crippen LogP contribution in [0.3, 0.4) is 0 Å². The fraction of sp³-hybridized carbons (Fsp3) is 0.647. The van der Waals surface area contributed by atoms with Crippen LogP contribution in [-0.2, 0) is 18.8 Å². The number of ether oxygens (including phenoxy) is 1. The van der Waals surface area contributed by atoms with Crippen molar-refractivity contribution in [1.29, 1.82) is 0 Å². The van der Waals surface area contributed by atoms with Crippen molar-refractivity contribution in [2.75, 3.05) is 6.61 Å². The lowest BCUT2D eigenvalue weighted by Crippen LogP contribution is -2.41. The van der Waals surface area contributed by atoms with Gasteiger partial charge in [0.05, 0.1) is 24.2 Å². The van der Waals surface area contributed by atoms with Crippen LogP contribution in [0.15, 0.2) is 18.3 Å². The Hall–Kier alpha value is -1.40. The first kappa shape index (κ1) is 18.0. The Morgan fingerprint density at radius 2 is 1.87 bits per heavy atom. The molecule has 0 radical (unpaired) electrons. The molecule has 1 fully saturated rings. The van der Waals surface area contributed by atoms with E-state index in [2.05, 4.69) is 4.98 Å². The minimum absolute atomic E-state index is 0.181. The minimum Gasteiger partial charge on any atom is -0.466 e. The van der Waals surface area contributed by atoms with E-state index in [-0.39, 0.29) is 18.2 Å². The van der Waals surface area contributed by atoms with Crippen molar-refractivity contribution in [2.24, 2.45) is 0 Å².